The number of nitrogens with zero attached hydrogens (tertiary/aromatic N) is 2. The number of hydrogen-bond acceptors (Lipinski definition) is 2. The fraction of sp³-hybridized carbons (Fsp3) is 0.440. The first kappa shape index (κ1) is 36.7. The first-order valence-corrected chi connectivity index (χ1v) is 23.5. The van der Waals surface area contributed by atoms with Gasteiger partial charge >= 0.3 is 0 Å². The van der Waals surface area contributed by atoms with Gasteiger partial charge in [0.05, 0.1) is 16.2 Å². The molecule has 55 heavy (non-hydrogen) atoms. The van der Waals surface area contributed by atoms with Crippen molar-refractivity contribution >= 4 is 39.0 Å². The second kappa shape index (κ2) is 14.9. The number of fused-ring (bicyclic) bond motifs is 2. The molecule has 0 spiro atoms. The van der Waals surface area contributed by atoms with Gasteiger partial charge in [0.25, 0.3) is 0 Å². The second-order valence-electron chi connectivity index (χ2n) is 18.5. The van der Waals surface area contributed by atoms with Gasteiger partial charge in [0.1, 0.15) is 0 Å². The summed E-state index contributed by atoms with van der Waals surface area (Å²) in [6.45, 7) is 0. The maximum atomic E-state index is 5.42. The summed E-state index contributed by atoms with van der Waals surface area (Å²) in [5.74, 6) is 8.18. The Hall–Kier alpha value is -2.66. The number of rotatable bonds is 7. The largest absolute Gasteiger partial charge is 0.748 e. The van der Waals surface area contributed by atoms with Crippen molar-refractivity contribution in [3.63, 3.8) is 0 Å². The van der Waals surface area contributed by atoms with E-state index in [0.29, 0.717) is 0 Å². The monoisotopic (exact) mass is 800 g/mol. The normalized spacial score (nSPS) is 31.9. The van der Waals surface area contributed by atoms with Crippen LogP contribution in [-0.4, -0.2) is 21.3 Å². The summed E-state index contributed by atoms with van der Waals surface area (Å²) in [6.07, 6.45) is 16.8. The SMILES string of the molecule is PC(c1ccc2ccccc2n1)(c1ccc2ccccc2n1)[c-]1cccc1CP(C1C2CC3CC(C2)CC1C3)C1C2CC3CC(C2)CC1C3.[Fe].[cH-]1[cH-][cH-][cH-][cH-]1. The molecule has 14 rings (SSSR count). The molecule has 0 N–H and O–H groups in total. The third kappa shape index (κ3) is 6.53. The second-order valence-corrected chi connectivity index (χ2v) is 21.9. The zero-order valence-electron chi connectivity index (χ0n) is 31.9. The predicted molar refractivity (Wildman–Crippen MR) is 229 cm³/mol. The van der Waals surface area contributed by atoms with E-state index < -0.39 is 5.16 Å². The molecule has 8 bridgehead atoms. The summed E-state index contributed by atoms with van der Waals surface area (Å²) < 4.78 is 0. The van der Waals surface area contributed by atoms with Gasteiger partial charge in [-0.15, -0.1) is 14.8 Å². The molecule has 2 heterocycles. The topological polar surface area (TPSA) is 25.8 Å². The molecule has 2 aromatic heterocycles. The van der Waals surface area contributed by atoms with Crippen LogP contribution in [-0.2, 0) is 28.4 Å². The maximum absolute atomic E-state index is 5.42. The van der Waals surface area contributed by atoms with Crippen molar-refractivity contribution < 1.29 is 17.1 Å². The zero-order chi connectivity index (χ0) is 35.8. The Kier molecular flexibility index (Phi) is 9.95. The Bertz CT molecular complexity index is 2060. The molecule has 1 atom stereocenters. The summed E-state index contributed by atoms with van der Waals surface area (Å²) in [5, 5.41) is 1.86. The van der Waals surface area contributed by atoms with Gasteiger partial charge in [0.2, 0.25) is 0 Å². The van der Waals surface area contributed by atoms with Gasteiger partial charge in [-0.1, -0.05) is 56.5 Å². The van der Waals surface area contributed by atoms with E-state index in [0.717, 1.165) is 81.1 Å². The van der Waals surface area contributed by atoms with E-state index in [1.165, 1.54) is 22.5 Å². The molecule has 5 heteroatoms. The standard InChI is InChI=1S/C45H49N2P2.C5H5.Fe/c48-45(41-14-12-31-6-1-3-10-39(31)46-41,42-15-13-32-7-2-4-11-40(32)47-42)38-9-5-8-33(38)26-49(43-34-18-27-16-28(20-34)21-35(43)19-27)44-36-22-29-17-30(24-36)25-37(44)23-29;1-2-4-5-3-1;/h1-15,27-30,34-37,43-44H,16-26,48H2;1-5H;/q-1;-5;. The molecular weight excluding hydrogens is 746 g/mol. The van der Waals surface area contributed by atoms with Crippen LogP contribution in [0, 0.1) is 47.3 Å². The van der Waals surface area contributed by atoms with Crippen LogP contribution in [0.25, 0.3) is 21.8 Å². The number of aromatic nitrogens is 2. The third-order valence-corrected chi connectivity index (χ3v) is 20.2. The Balaban J connectivity index is 0.000000578. The number of pyridine rings is 2. The minimum absolute atomic E-state index is 0. The maximum Gasteiger partial charge on any atom is 0.0705 e. The number of para-hydroxylation sites is 2. The van der Waals surface area contributed by atoms with Crippen LogP contribution in [0.2, 0.25) is 0 Å². The molecule has 1 unspecified atom stereocenters. The van der Waals surface area contributed by atoms with E-state index >= 15 is 0 Å². The van der Waals surface area contributed by atoms with Crippen molar-refractivity contribution in [3.8, 4) is 0 Å². The van der Waals surface area contributed by atoms with Gasteiger partial charge in [-0.2, -0.15) is 11.6 Å². The van der Waals surface area contributed by atoms with E-state index in [4.69, 9.17) is 9.97 Å². The van der Waals surface area contributed by atoms with Crippen LogP contribution in [0.15, 0.2) is 121 Å². The smallest absolute Gasteiger partial charge is 0.0705 e. The Morgan fingerprint density at radius 3 is 1.40 bits per heavy atom. The first-order valence-electron chi connectivity index (χ1n) is 21.3. The Labute approximate surface area is 342 Å². The minimum Gasteiger partial charge on any atom is -0.748 e. The van der Waals surface area contributed by atoms with Crippen molar-refractivity contribution in [2.24, 2.45) is 47.3 Å². The number of hydrogen-bond donors (Lipinski definition) is 0. The van der Waals surface area contributed by atoms with Gasteiger partial charge in [-0.05, 0) is 153 Å². The first-order chi connectivity index (χ1) is 26.6. The van der Waals surface area contributed by atoms with Crippen molar-refractivity contribution in [2.75, 3.05) is 0 Å². The molecule has 2 nitrogen and oxygen atoms in total. The van der Waals surface area contributed by atoms with Gasteiger partial charge in [-0.25, -0.2) is 12.1 Å². The quantitative estimate of drug-likeness (QED) is 0.0913. The fourth-order valence-corrected chi connectivity index (χ4v) is 19.0. The van der Waals surface area contributed by atoms with Crippen LogP contribution in [0.4, 0.5) is 0 Å². The average molecular weight is 801 g/mol. The molecule has 0 saturated heterocycles. The summed E-state index contributed by atoms with van der Waals surface area (Å²) in [6, 6.07) is 43.6. The molecule has 0 aliphatic heterocycles. The average Bonchev–Trinajstić information content (AvgIpc) is 3.93. The Morgan fingerprint density at radius 2 is 0.964 bits per heavy atom. The van der Waals surface area contributed by atoms with Crippen LogP contribution >= 0.6 is 17.2 Å². The van der Waals surface area contributed by atoms with Crippen LogP contribution < -0.4 is 0 Å². The van der Waals surface area contributed by atoms with Crippen LogP contribution in [0.3, 0.4) is 0 Å². The summed E-state index contributed by atoms with van der Waals surface area (Å²) in [4.78, 5) is 10.8. The van der Waals surface area contributed by atoms with E-state index in [2.05, 4.69) is 100 Å². The van der Waals surface area contributed by atoms with Gasteiger partial charge in [0, 0.05) is 39.2 Å². The molecule has 0 amide bonds. The predicted octanol–water partition coefficient (Wildman–Crippen LogP) is 12.7. The molecular formula is C50H54FeN2P2-6. The Morgan fingerprint density at radius 1 is 0.545 bits per heavy atom. The molecule has 8 aliphatic rings. The third-order valence-electron chi connectivity index (χ3n) is 15.4. The van der Waals surface area contributed by atoms with Crippen molar-refractivity contribution in [2.45, 2.75) is 86.8 Å². The van der Waals surface area contributed by atoms with E-state index in [1.54, 1.807) is 69.8 Å². The van der Waals surface area contributed by atoms with Crippen LogP contribution in [0.5, 0.6) is 0 Å². The van der Waals surface area contributed by atoms with E-state index in [9.17, 15) is 0 Å². The summed E-state index contributed by atoms with van der Waals surface area (Å²) in [5.41, 5.74) is 9.28. The van der Waals surface area contributed by atoms with Crippen LogP contribution in [0.1, 0.15) is 86.7 Å². The van der Waals surface area contributed by atoms with Crippen molar-refractivity contribution in [1.82, 2.24) is 9.97 Å². The molecule has 6 aromatic rings. The van der Waals surface area contributed by atoms with E-state index in [1.807, 2.05) is 30.3 Å². The minimum atomic E-state index is -0.526. The molecule has 288 valence electrons. The molecule has 8 saturated carbocycles. The summed E-state index contributed by atoms with van der Waals surface area (Å²) >= 11 is 0. The molecule has 8 aliphatic carbocycles. The van der Waals surface area contributed by atoms with Crippen molar-refractivity contribution in [3.05, 3.63) is 144 Å². The molecule has 4 aromatic carbocycles. The van der Waals surface area contributed by atoms with Gasteiger partial charge in [-0.3, -0.25) is 9.97 Å². The number of benzene rings is 2. The molecule has 0 radical (unpaired) electrons. The van der Waals surface area contributed by atoms with Gasteiger partial charge in [0.15, 0.2) is 0 Å². The zero-order valence-corrected chi connectivity index (χ0v) is 35.0. The van der Waals surface area contributed by atoms with Crippen molar-refractivity contribution in [1.29, 1.82) is 0 Å². The molecule has 8 fully saturated rings. The van der Waals surface area contributed by atoms with Gasteiger partial charge < -0.3 is 30.3 Å². The summed E-state index contributed by atoms with van der Waals surface area (Å²) in [7, 11) is 3.24. The fourth-order valence-electron chi connectivity index (χ4n) is 13.8. The van der Waals surface area contributed by atoms with E-state index in [-0.39, 0.29) is 25.0 Å².